The van der Waals surface area contributed by atoms with E-state index in [-0.39, 0.29) is 4.90 Å². The van der Waals surface area contributed by atoms with Gasteiger partial charge in [-0.2, -0.15) is 0 Å². The van der Waals surface area contributed by atoms with E-state index in [1.807, 2.05) is 67.6 Å². The van der Waals surface area contributed by atoms with Crippen molar-refractivity contribution in [1.29, 1.82) is 0 Å². The Labute approximate surface area is 190 Å². The molecule has 0 saturated carbocycles. The quantitative estimate of drug-likeness (QED) is 0.351. The van der Waals surface area contributed by atoms with Gasteiger partial charge in [0.15, 0.2) is 9.84 Å². The van der Waals surface area contributed by atoms with E-state index in [2.05, 4.69) is 0 Å². The second kappa shape index (κ2) is 9.10. The van der Waals surface area contributed by atoms with Gasteiger partial charge in [0.2, 0.25) is 0 Å². The van der Waals surface area contributed by atoms with E-state index in [0.29, 0.717) is 15.5 Å². The lowest BCUT2D eigenvalue weighted by atomic mass is 10.1. The Morgan fingerprint density at radius 1 is 0.625 bits per heavy atom. The summed E-state index contributed by atoms with van der Waals surface area (Å²) in [4.78, 5) is 1.66. The molecule has 1 atom stereocenters. The van der Waals surface area contributed by atoms with Crippen LogP contribution >= 0.6 is 0 Å². The minimum Gasteiger partial charge on any atom is -0.457 e. The SMILES string of the molecule is Cc1ccc(Oc2ccc(S(=O)c3ccc(-c4ccc(S(C)(=O)=O)cc4)cc3)cc2)cc1. The van der Waals surface area contributed by atoms with Crippen LogP contribution in [0.3, 0.4) is 0 Å². The largest absolute Gasteiger partial charge is 0.457 e. The topological polar surface area (TPSA) is 60.4 Å². The molecule has 0 aromatic heterocycles. The third-order valence-electron chi connectivity index (χ3n) is 4.98. The van der Waals surface area contributed by atoms with Crippen molar-refractivity contribution in [1.82, 2.24) is 0 Å². The van der Waals surface area contributed by atoms with E-state index in [0.717, 1.165) is 16.9 Å². The van der Waals surface area contributed by atoms with Crippen molar-refractivity contribution in [3.63, 3.8) is 0 Å². The van der Waals surface area contributed by atoms with Gasteiger partial charge in [0.05, 0.1) is 15.7 Å². The van der Waals surface area contributed by atoms with Crippen LogP contribution in [-0.4, -0.2) is 18.9 Å². The summed E-state index contributed by atoms with van der Waals surface area (Å²) in [6, 6.07) is 29.2. The molecule has 0 aliphatic rings. The Morgan fingerprint density at radius 3 is 1.50 bits per heavy atom. The smallest absolute Gasteiger partial charge is 0.175 e. The number of hydrogen-bond acceptors (Lipinski definition) is 4. The molecule has 4 rings (SSSR count). The summed E-state index contributed by atoms with van der Waals surface area (Å²) in [6.45, 7) is 2.02. The lowest BCUT2D eigenvalue weighted by Crippen LogP contribution is -1.96. The minimum absolute atomic E-state index is 0.286. The summed E-state index contributed by atoms with van der Waals surface area (Å²) in [5.41, 5.74) is 2.99. The van der Waals surface area contributed by atoms with Gasteiger partial charge in [-0.25, -0.2) is 12.6 Å². The van der Waals surface area contributed by atoms with E-state index in [9.17, 15) is 12.6 Å². The van der Waals surface area contributed by atoms with Crippen LogP contribution in [0.5, 0.6) is 11.5 Å². The van der Waals surface area contributed by atoms with Gasteiger partial charge in [0.1, 0.15) is 11.5 Å². The standard InChI is InChI=1S/C26H22O4S2/c1-19-3-9-22(10-4-19)30-23-11-15-25(16-12-23)31(27)24-13-5-20(6-14-24)21-7-17-26(18-8-21)32(2,28)29/h3-18H,1-2H3. The van der Waals surface area contributed by atoms with Crippen molar-refractivity contribution in [2.24, 2.45) is 0 Å². The molecule has 1 unspecified atom stereocenters. The normalized spacial score (nSPS) is 12.3. The van der Waals surface area contributed by atoms with E-state index in [1.54, 1.807) is 36.4 Å². The molecule has 4 aromatic rings. The van der Waals surface area contributed by atoms with Gasteiger partial charge in [-0.05, 0) is 78.7 Å². The second-order valence-corrected chi connectivity index (χ2v) is 11.0. The molecule has 0 N–H and O–H groups in total. The van der Waals surface area contributed by atoms with Gasteiger partial charge in [0.25, 0.3) is 0 Å². The highest BCUT2D eigenvalue weighted by molar-refractivity contribution is 7.90. The van der Waals surface area contributed by atoms with E-state index in [4.69, 9.17) is 4.74 Å². The fraction of sp³-hybridized carbons (Fsp3) is 0.0769. The number of sulfone groups is 1. The van der Waals surface area contributed by atoms with Crippen LogP contribution in [0.15, 0.2) is 112 Å². The summed E-state index contributed by atoms with van der Waals surface area (Å²) in [5, 5.41) is 0. The summed E-state index contributed by atoms with van der Waals surface area (Å²) in [5.74, 6) is 1.44. The number of aryl methyl sites for hydroxylation is 1. The van der Waals surface area contributed by atoms with E-state index < -0.39 is 20.6 Å². The predicted octanol–water partition coefficient (Wildman–Crippen LogP) is 6.02. The van der Waals surface area contributed by atoms with Gasteiger partial charge in [-0.1, -0.05) is 42.0 Å². The average molecular weight is 463 g/mol. The van der Waals surface area contributed by atoms with Crippen LogP contribution in [0, 0.1) is 6.92 Å². The number of rotatable bonds is 6. The monoisotopic (exact) mass is 462 g/mol. The first-order valence-corrected chi connectivity index (χ1v) is 13.0. The molecule has 0 spiro atoms. The zero-order chi connectivity index (χ0) is 22.7. The Bertz CT molecular complexity index is 1340. The van der Waals surface area contributed by atoms with Crippen LogP contribution in [0.4, 0.5) is 0 Å². The first-order chi connectivity index (χ1) is 15.3. The number of benzene rings is 4. The summed E-state index contributed by atoms with van der Waals surface area (Å²) in [6.07, 6.45) is 1.19. The maximum Gasteiger partial charge on any atom is 0.175 e. The summed E-state index contributed by atoms with van der Waals surface area (Å²) in [7, 11) is -4.54. The predicted molar refractivity (Wildman–Crippen MR) is 127 cm³/mol. The molecule has 4 nitrogen and oxygen atoms in total. The van der Waals surface area contributed by atoms with E-state index >= 15 is 0 Å². The molecule has 32 heavy (non-hydrogen) atoms. The molecular weight excluding hydrogens is 440 g/mol. The lowest BCUT2D eigenvalue weighted by Gasteiger charge is -2.08. The highest BCUT2D eigenvalue weighted by atomic mass is 32.2. The van der Waals surface area contributed by atoms with Crippen LogP contribution in [0.1, 0.15) is 5.56 Å². The van der Waals surface area contributed by atoms with Crippen LogP contribution in [-0.2, 0) is 20.6 Å². The molecule has 0 aliphatic carbocycles. The Morgan fingerprint density at radius 2 is 1.03 bits per heavy atom. The Kier molecular flexibility index (Phi) is 6.26. The zero-order valence-corrected chi connectivity index (χ0v) is 19.3. The molecule has 6 heteroatoms. The summed E-state index contributed by atoms with van der Waals surface area (Å²) >= 11 is 0. The van der Waals surface area contributed by atoms with Gasteiger partial charge in [0, 0.05) is 16.0 Å². The molecule has 0 saturated heterocycles. The minimum atomic E-state index is -3.22. The molecule has 162 valence electrons. The van der Waals surface area contributed by atoms with Crippen molar-refractivity contribution in [3.8, 4) is 22.6 Å². The highest BCUT2D eigenvalue weighted by Gasteiger charge is 2.10. The Hall–Kier alpha value is -3.22. The van der Waals surface area contributed by atoms with Crippen molar-refractivity contribution < 1.29 is 17.4 Å². The van der Waals surface area contributed by atoms with Crippen LogP contribution < -0.4 is 4.74 Å². The summed E-state index contributed by atoms with van der Waals surface area (Å²) < 4.78 is 42.0. The number of hydrogen-bond donors (Lipinski definition) is 0. The third kappa shape index (κ3) is 5.15. The fourth-order valence-corrected chi connectivity index (χ4v) is 4.84. The Balaban J connectivity index is 1.47. The van der Waals surface area contributed by atoms with Gasteiger partial charge in [-0.3, -0.25) is 0 Å². The first kappa shape index (κ1) is 22.0. The average Bonchev–Trinajstić information content (AvgIpc) is 2.80. The molecule has 0 bridgehead atoms. The first-order valence-electron chi connectivity index (χ1n) is 9.96. The fourth-order valence-electron chi connectivity index (χ4n) is 3.18. The number of ether oxygens (including phenoxy) is 1. The molecular formula is C26H22O4S2. The van der Waals surface area contributed by atoms with Gasteiger partial charge < -0.3 is 4.74 Å². The van der Waals surface area contributed by atoms with E-state index in [1.165, 1.54) is 11.8 Å². The maximum atomic E-state index is 13.0. The molecule has 0 amide bonds. The molecule has 0 fully saturated rings. The van der Waals surface area contributed by atoms with Gasteiger partial charge in [-0.15, -0.1) is 0 Å². The maximum absolute atomic E-state index is 13.0. The molecule has 0 aliphatic heterocycles. The van der Waals surface area contributed by atoms with Crippen LogP contribution in [0.25, 0.3) is 11.1 Å². The molecule has 0 radical (unpaired) electrons. The molecule has 4 aromatic carbocycles. The van der Waals surface area contributed by atoms with Crippen LogP contribution in [0.2, 0.25) is 0 Å². The van der Waals surface area contributed by atoms with Gasteiger partial charge >= 0.3 is 0 Å². The van der Waals surface area contributed by atoms with Crippen molar-refractivity contribution in [2.45, 2.75) is 21.6 Å². The highest BCUT2D eigenvalue weighted by Crippen LogP contribution is 2.26. The second-order valence-electron chi connectivity index (χ2n) is 7.48. The third-order valence-corrected chi connectivity index (χ3v) is 7.51. The van der Waals surface area contributed by atoms with Crippen molar-refractivity contribution in [2.75, 3.05) is 6.26 Å². The zero-order valence-electron chi connectivity index (χ0n) is 17.7. The molecule has 0 heterocycles. The lowest BCUT2D eigenvalue weighted by molar-refractivity contribution is 0.482. The van der Waals surface area contributed by atoms with Crippen molar-refractivity contribution in [3.05, 3.63) is 103 Å². The van der Waals surface area contributed by atoms with Crippen molar-refractivity contribution >= 4 is 20.6 Å².